The van der Waals surface area contributed by atoms with Gasteiger partial charge in [-0.15, -0.1) is 0 Å². The number of esters is 1. The maximum Gasteiger partial charge on any atom is 0.330 e. The third kappa shape index (κ3) is 9.37. The van der Waals surface area contributed by atoms with Crippen molar-refractivity contribution in [2.24, 2.45) is 10.8 Å². The molecule has 13 heteroatoms. The van der Waals surface area contributed by atoms with Gasteiger partial charge in [0.25, 0.3) is 0 Å². The minimum absolute atomic E-state index is 0.107. The molecule has 4 amide bonds. The fourth-order valence-electron chi connectivity index (χ4n) is 6.56. The number of nitrogens with one attached hydrogen (secondary N) is 3. The standard InChI is InChI=1S/C34H50N4O7S2/c1-32(2,3)31(44)38-18-13-23(21-9-11-22(39)12-10-21)26(38)28(41)36-24-19-46-47-20-25(29(42)45-33(4,5)6)37-30(43)34(14-7-8-15-34)16-17-35-27(24)40/h9-12,23-26,39H,7-8,13-20H2,1-6H3,(H,35,40)(H,36,41)(H,37,43)/t23-,24+,25+,26+/m1/s1. The van der Waals surface area contributed by atoms with Gasteiger partial charge in [-0.05, 0) is 64.2 Å². The summed E-state index contributed by atoms with van der Waals surface area (Å²) in [6.45, 7) is 11.4. The maximum absolute atomic E-state index is 14.1. The number of phenolic OH excluding ortho intramolecular Hbond substituents is 1. The van der Waals surface area contributed by atoms with Gasteiger partial charge in [0.1, 0.15) is 29.5 Å². The lowest BCUT2D eigenvalue weighted by molar-refractivity contribution is -0.158. The van der Waals surface area contributed by atoms with Gasteiger partial charge in [0.05, 0.1) is 5.41 Å². The topological polar surface area (TPSA) is 154 Å². The van der Waals surface area contributed by atoms with E-state index < -0.39 is 46.4 Å². The number of amides is 4. The number of carbonyl (C=O) groups is 5. The summed E-state index contributed by atoms with van der Waals surface area (Å²) in [5.74, 6) is -1.44. The second-order valence-corrected chi connectivity index (χ2v) is 17.5. The van der Waals surface area contributed by atoms with Crippen LogP contribution in [-0.4, -0.2) is 87.9 Å². The van der Waals surface area contributed by atoms with E-state index in [1.54, 1.807) is 49.9 Å². The summed E-state index contributed by atoms with van der Waals surface area (Å²) in [7, 11) is 2.64. The molecule has 4 rings (SSSR count). The molecule has 3 aliphatic rings. The summed E-state index contributed by atoms with van der Waals surface area (Å²) in [5.41, 5.74) is -1.32. The van der Waals surface area contributed by atoms with Crippen LogP contribution in [0.1, 0.15) is 91.5 Å². The number of phenols is 1. The summed E-state index contributed by atoms with van der Waals surface area (Å²) in [5, 5.41) is 18.7. The van der Waals surface area contributed by atoms with Crippen LogP contribution in [0.25, 0.3) is 0 Å². The van der Waals surface area contributed by atoms with E-state index in [1.807, 2.05) is 20.8 Å². The van der Waals surface area contributed by atoms with E-state index in [4.69, 9.17) is 4.74 Å². The zero-order valence-corrected chi connectivity index (χ0v) is 30.0. The number of likely N-dealkylation sites (tertiary alicyclic amines) is 1. The van der Waals surface area contributed by atoms with Gasteiger partial charge in [-0.2, -0.15) is 0 Å². The van der Waals surface area contributed by atoms with Crippen molar-refractivity contribution in [1.29, 1.82) is 0 Å². The number of ether oxygens (including phenoxy) is 1. The van der Waals surface area contributed by atoms with Crippen LogP contribution >= 0.6 is 21.6 Å². The van der Waals surface area contributed by atoms with Crippen LogP contribution in [0.4, 0.5) is 0 Å². The normalized spacial score (nSPS) is 26.0. The lowest BCUT2D eigenvalue weighted by Gasteiger charge is -2.33. The zero-order valence-electron chi connectivity index (χ0n) is 28.4. The first-order valence-electron chi connectivity index (χ1n) is 16.5. The van der Waals surface area contributed by atoms with E-state index in [-0.39, 0.29) is 47.4 Å². The Hall–Kier alpha value is -2.93. The molecule has 4 N–H and O–H groups in total. The van der Waals surface area contributed by atoms with Crippen molar-refractivity contribution in [2.75, 3.05) is 24.6 Å². The summed E-state index contributed by atoms with van der Waals surface area (Å²) >= 11 is 0. The van der Waals surface area contributed by atoms with Crippen molar-refractivity contribution in [2.45, 2.75) is 110 Å². The van der Waals surface area contributed by atoms with Gasteiger partial charge in [0.15, 0.2) is 0 Å². The molecule has 1 saturated carbocycles. The predicted octanol–water partition coefficient (Wildman–Crippen LogP) is 3.90. The first kappa shape index (κ1) is 36.9. The number of benzene rings is 1. The molecule has 0 unspecified atom stereocenters. The molecule has 2 saturated heterocycles. The number of rotatable bonds is 4. The van der Waals surface area contributed by atoms with Crippen molar-refractivity contribution in [3.8, 4) is 5.75 Å². The van der Waals surface area contributed by atoms with E-state index in [0.717, 1.165) is 18.4 Å². The second kappa shape index (κ2) is 15.1. The highest BCUT2D eigenvalue weighted by Gasteiger charge is 2.46. The predicted molar refractivity (Wildman–Crippen MR) is 184 cm³/mol. The largest absolute Gasteiger partial charge is 0.508 e. The Morgan fingerprint density at radius 1 is 0.979 bits per heavy atom. The van der Waals surface area contributed by atoms with Crippen LogP contribution in [0.15, 0.2) is 24.3 Å². The molecule has 2 aliphatic heterocycles. The molecule has 11 nitrogen and oxygen atoms in total. The van der Waals surface area contributed by atoms with Gasteiger partial charge in [-0.3, -0.25) is 19.2 Å². The van der Waals surface area contributed by atoms with Crippen molar-refractivity contribution in [3.63, 3.8) is 0 Å². The van der Waals surface area contributed by atoms with Gasteiger partial charge in [-0.25, -0.2) is 4.79 Å². The van der Waals surface area contributed by atoms with Crippen LogP contribution in [0, 0.1) is 10.8 Å². The van der Waals surface area contributed by atoms with E-state index in [0.29, 0.717) is 32.2 Å². The van der Waals surface area contributed by atoms with Crippen LogP contribution in [0.5, 0.6) is 5.75 Å². The Bertz CT molecular complexity index is 1320. The highest BCUT2D eigenvalue weighted by Crippen LogP contribution is 2.42. The van der Waals surface area contributed by atoms with E-state index >= 15 is 0 Å². The number of nitrogens with zero attached hydrogens (tertiary/aromatic N) is 1. The van der Waals surface area contributed by atoms with E-state index in [2.05, 4.69) is 16.0 Å². The molecule has 47 heavy (non-hydrogen) atoms. The van der Waals surface area contributed by atoms with E-state index in [1.165, 1.54) is 21.6 Å². The Labute approximate surface area is 285 Å². The summed E-state index contributed by atoms with van der Waals surface area (Å²) < 4.78 is 5.63. The average molecular weight is 691 g/mol. The molecule has 0 radical (unpaired) electrons. The molecular weight excluding hydrogens is 641 g/mol. The first-order chi connectivity index (χ1) is 22.0. The third-order valence-electron chi connectivity index (χ3n) is 9.02. The minimum Gasteiger partial charge on any atom is -0.508 e. The zero-order chi connectivity index (χ0) is 34.6. The third-order valence-corrected chi connectivity index (χ3v) is 11.4. The lowest BCUT2D eigenvalue weighted by atomic mass is 9.81. The second-order valence-electron chi connectivity index (χ2n) is 14.9. The summed E-state index contributed by atoms with van der Waals surface area (Å²) in [6, 6.07) is 4.03. The van der Waals surface area contributed by atoms with Gasteiger partial charge < -0.3 is 30.7 Å². The van der Waals surface area contributed by atoms with Gasteiger partial charge >= 0.3 is 5.97 Å². The van der Waals surface area contributed by atoms with Crippen molar-refractivity contribution >= 4 is 51.2 Å². The molecule has 1 aromatic carbocycles. The Morgan fingerprint density at radius 3 is 2.23 bits per heavy atom. The quantitative estimate of drug-likeness (QED) is 0.272. The maximum atomic E-state index is 14.1. The smallest absolute Gasteiger partial charge is 0.330 e. The molecular formula is C34H50N4O7S2. The molecule has 2 heterocycles. The van der Waals surface area contributed by atoms with Crippen LogP contribution < -0.4 is 16.0 Å². The molecule has 1 spiro atoms. The SMILES string of the molecule is CC(C)(C)OC(=O)[C@@H]1CSSC[C@H](NC(=O)[C@@H]2[C@@H](c3ccc(O)cc3)CCN2C(=O)C(C)(C)C)C(=O)NCCC2(CCCC2)C(=O)N1. The number of hydrogen-bond donors (Lipinski definition) is 4. The number of hydrogen-bond acceptors (Lipinski definition) is 9. The fraction of sp³-hybridized carbons (Fsp3) is 0.676. The summed E-state index contributed by atoms with van der Waals surface area (Å²) in [6.07, 6.45) is 4.06. The van der Waals surface area contributed by atoms with Gasteiger partial charge in [0, 0.05) is 35.9 Å². The number of carbonyl (C=O) groups excluding carboxylic acids is 5. The van der Waals surface area contributed by atoms with Crippen LogP contribution in [0.3, 0.4) is 0 Å². The summed E-state index contributed by atoms with van der Waals surface area (Å²) in [4.78, 5) is 69.7. The molecule has 3 fully saturated rings. The molecule has 1 aliphatic carbocycles. The van der Waals surface area contributed by atoms with Crippen LogP contribution in [0.2, 0.25) is 0 Å². The Kier molecular flexibility index (Phi) is 11.8. The van der Waals surface area contributed by atoms with Crippen LogP contribution in [-0.2, 0) is 28.7 Å². The highest BCUT2D eigenvalue weighted by molar-refractivity contribution is 8.76. The molecule has 0 bridgehead atoms. The molecule has 4 atom stereocenters. The van der Waals surface area contributed by atoms with Crippen molar-refractivity contribution in [1.82, 2.24) is 20.9 Å². The highest BCUT2D eigenvalue weighted by atomic mass is 33.1. The molecule has 0 aromatic heterocycles. The monoisotopic (exact) mass is 690 g/mol. The van der Waals surface area contributed by atoms with Gasteiger partial charge in [-0.1, -0.05) is 67.3 Å². The van der Waals surface area contributed by atoms with Gasteiger partial charge in [0.2, 0.25) is 23.6 Å². The van der Waals surface area contributed by atoms with E-state index in [9.17, 15) is 29.1 Å². The fourth-order valence-corrected chi connectivity index (χ4v) is 8.87. The lowest BCUT2D eigenvalue weighted by Crippen LogP contribution is -2.56. The Morgan fingerprint density at radius 2 is 1.62 bits per heavy atom. The molecule has 1 aromatic rings. The van der Waals surface area contributed by atoms with Crippen molar-refractivity contribution < 1.29 is 33.8 Å². The molecule has 260 valence electrons. The Balaban J connectivity index is 1.57. The minimum atomic E-state index is -0.920. The van der Waals surface area contributed by atoms with Crippen molar-refractivity contribution in [3.05, 3.63) is 29.8 Å². The average Bonchev–Trinajstić information content (AvgIpc) is 3.64. The number of aromatic hydroxyl groups is 1. The first-order valence-corrected chi connectivity index (χ1v) is 19.0.